The predicted octanol–water partition coefficient (Wildman–Crippen LogP) is 2.35. The fraction of sp³-hybridized carbons (Fsp3) is 0.680. The van der Waals surface area contributed by atoms with Gasteiger partial charge < -0.3 is 25.4 Å². The van der Waals surface area contributed by atoms with Gasteiger partial charge >= 0.3 is 0 Å². The normalized spacial score (nSPS) is 34.2. The Balaban J connectivity index is 1.38. The summed E-state index contributed by atoms with van der Waals surface area (Å²) in [6, 6.07) is 0.139. The lowest BCUT2D eigenvalue weighted by Gasteiger charge is -2.44. The number of methoxy groups -OCH3 is 2. The van der Waals surface area contributed by atoms with E-state index in [-0.39, 0.29) is 30.6 Å². The van der Waals surface area contributed by atoms with Crippen molar-refractivity contribution in [3.05, 3.63) is 45.2 Å². The third-order valence-corrected chi connectivity index (χ3v) is 8.18. The van der Waals surface area contributed by atoms with Gasteiger partial charge in [-0.1, -0.05) is 17.7 Å². The van der Waals surface area contributed by atoms with Crippen LogP contribution in [0.4, 0.5) is 4.39 Å². The Labute approximate surface area is 212 Å². The van der Waals surface area contributed by atoms with E-state index >= 15 is 0 Å². The van der Waals surface area contributed by atoms with Crippen LogP contribution in [0.1, 0.15) is 44.9 Å². The molecule has 2 unspecified atom stereocenters. The van der Waals surface area contributed by atoms with Crippen LogP contribution in [0.2, 0.25) is 0 Å². The first-order valence-corrected chi connectivity index (χ1v) is 13.2. The molecule has 0 spiro atoms. The Bertz CT molecular complexity index is 935. The third kappa shape index (κ3) is 5.55. The van der Waals surface area contributed by atoms with Crippen LogP contribution in [0.15, 0.2) is 45.2 Å². The number of halogens is 2. The molecule has 0 saturated heterocycles. The maximum Gasteiger partial charge on any atom is 0.190 e. The van der Waals surface area contributed by atoms with E-state index in [4.69, 9.17) is 21.1 Å². The highest BCUT2D eigenvalue weighted by atomic mass is 35.5. The van der Waals surface area contributed by atoms with Crippen LogP contribution >= 0.6 is 11.6 Å². The van der Waals surface area contributed by atoms with Crippen molar-refractivity contribution in [3.8, 4) is 0 Å². The van der Waals surface area contributed by atoms with Gasteiger partial charge in [-0.05, 0) is 55.7 Å². The molecule has 2 aliphatic carbocycles. The summed E-state index contributed by atoms with van der Waals surface area (Å²) in [6.07, 6.45) is 7.84. The monoisotopic (exact) mass is 508 g/mol. The molecule has 194 valence electrons. The van der Waals surface area contributed by atoms with Crippen LogP contribution < -0.4 is 31.9 Å². The summed E-state index contributed by atoms with van der Waals surface area (Å²) in [5.41, 5.74) is 5.27. The summed E-state index contributed by atoms with van der Waals surface area (Å²) >= 11 is 6.21. The molecular weight excluding hydrogens is 471 g/mol. The molecule has 35 heavy (non-hydrogen) atoms. The molecule has 5 rings (SSSR count). The summed E-state index contributed by atoms with van der Waals surface area (Å²) in [4.78, 5) is 0. The molecule has 0 aromatic heterocycles. The molecule has 3 heterocycles. The molecule has 5 atom stereocenters. The highest BCUT2D eigenvalue weighted by molar-refractivity contribution is 6.29. The first-order valence-electron chi connectivity index (χ1n) is 12.8. The molecule has 0 saturated carbocycles. The summed E-state index contributed by atoms with van der Waals surface area (Å²) in [6.45, 7) is 2.63. The molecule has 0 amide bonds. The fourth-order valence-electron chi connectivity index (χ4n) is 5.89. The lowest BCUT2D eigenvalue weighted by atomic mass is 9.79. The zero-order chi connectivity index (χ0) is 24.4. The zero-order valence-electron chi connectivity index (χ0n) is 20.6. The average Bonchev–Trinajstić information content (AvgIpc) is 2.90. The van der Waals surface area contributed by atoms with Crippen molar-refractivity contribution in [3.63, 3.8) is 0 Å². The smallest absolute Gasteiger partial charge is 0.190 e. The lowest BCUT2D eigenvalue weighted by Crippen LogP contribution is -2.62. The van der Waals surface area contributed by atoms with E-state index in [0.29, 0.717) is 23.8 Å². The molecule has 8 nitrogen and oxygen atoms in total. The molecule has 0 fully saturated rings. The van der Waals surface area contributed by atoms with Gasteiger partial charge in [0.05, 0.1) is 18.3 Å². The largest absolute Gasteiger partial charge is 0.482 e. The van der Waals surface area contributed by atoms with E-state index in [1.165, 1.54) is 22.4 Å². The van der Waals surface area contributed by atoms with Crippen LogP contribution in [-0.4, -0.2) is 58.6 Å². The summed E-state index contributed by atoms with van der Waals surface area (Å²) in [5.74, 6) is 0.998. The lowest BCUT2D eigenvalue weighted by molar-refractivity contribution is 0.0291. The van der Waals surface area contributed by atoms with E-state index < -0.39 is 0 Å². The van der Waals surface area contributed by atoms with Crippen molar-refractivity contribution in [2.24, 2.45) is 5.92 Å². The molecule has 5 aliphatic rings. The van der Waals surface area contributed by atoms with E-state index in [1.807, 2.05) is 0 Å². The van der Waals surface area contributed by atoms with E-state index in [0.717, 1.165) is 57.6 Å². The topological polar surface area (TPSA) is 90.6 Å². The Morgan fingerprint density at radius 2 is 1.97 bits per heavy atom. The zero-order valence-corrected chi connectivity index (χ0v) is 21.4. The van der Waals surface area contributed by atoms with Gasteiger partial charge in [0.2, 0.25) is 0 Å². The highest BCUT2D eigenvalue weighted by Crippen LogP contribution is 2.38. The van der Waals surface area contributed by atoms with Gasteiger partial charge in [-0.3, -0.25) is 16.0 Å². The van der Waals surface area contributed by atoms with Crippen molar-refractivity contribution in [1.82, 2.24) is 31.9 Å². The van der Waals surface area contributed by atoms with Crippen molar-refractivity contribution in [2.75, 3.05) is 33.9 Å². The van der Waals surface area contributed by atoms with Crippen molar-refractivity contribution in [2.45, 2.75) is 69.7 Å². The molecule has 6 N–H and O–H groups in total. The Kier molecular flexibility index (Phi) is 8.01. The summed E-state index contributed by atoms with van der Waals surface area (Å²) in [5, 5.41) is 21.9. The Hall–Kier alpha value is -1.62. The minimum absolute atomic E-state index is 0.000307. The van der Waals surface area contributed by atoms with Crippen LogP contribution in [-0.2, 0) is 9.47 Å². The van der Waals surface area contributed by atoms with Crippen molar-refractivity contribution >= 4 is 11.6 Å². The van der Waals surface area contributed by atoms with Crippen LogP contribution in [0.5, 0.6) is 0 Å². The van der Waals surface area contributed by atoms with Gasteiger partial charge in [-0.25, -0.2) is 4.39 Å². The molecule has 0 aromatic rings. The number of hydrogen-bond donors (Lipinski definition) is 6. The van der Waals surface area contributed by atoms with Gasteiger partial charge in [-0.15, -0.1) is 0 Å². The van der Waals surface area contributed by atoms with Gasteiger partial charge in [-0.2, -0.15) is 0 Å². The van der Waals surface area contributed by atoms with E-state index in [9.17, 15) is 4.39 Å². The third-order valence-electron chi connectivity index (χ3n) is 7.82. The standard InChI is InChI=1S/C25H38ClFN6O2/c1-34-24-18(13-29-25(33-24)35-2)14-5-8-21-17(10-14)23(30-16-6-7-20(27)19(26)11-16)32-22(31-21)15-4-3-9-28-12-15/h4,14,16,22-23,25,28-33H,3,5-13H2,1-2H3/t14-,16+,22+,23?,25?/m1/s1. The van der Waals surface area contributed by atoms with Gasteiger partial charge in [0, 0.05) is 50.4 Å². The SMILES string of the molecule is COC1=C([C@@H]2CCC3=C(C2)C(N[C@H]2CCC(F)=C(Cl)C2)N[C@@H](C2=CCCNC2)N3)CNC(OC)N1. The highest BCUT2D eigenvalue weighted by Gasteiger charge is 2.38. The molecule has 0 radical (unpaired) electrons. The predicted molar refractivity (Wildman–Crippen MR) is 135 cm³/mol. The van der Waals surface area contributed by atoms with Crippen LogP contribution in [0.25, 0.3) is 0 Å². The minimum atomic E-state index is -0.248. The number of rotatable bonds is 6. The second kappa shape index (κ2) is 11.2. The minimum Gasteiger partial charge on any atom is -0.482 e. The summed E-state index contributed by atoms with van der Waals surface area (Å²) < 4.78 is 25.0. The molecule has 0 bridgehead atoms. The van der Waals surface area contributed by atoms with Gasteiger partial charge in [0.1, 0.15) is 12.0 Å². The first kappa shape index (κ1) is 25.0. The van der Waals surface area contributed by atoms with E-state index in [1.54, 1.807) is 14.2 Å². The molecule has 0 aromatic carbocycles. The molecule has 10 heteroatoms. The average molecular weight is 509 g/mol. The Morgan fingerprint density at radius 3 is 2.71 bits per heavy atom. The maximum absolute atomic E-state index is 13.9. The Morgan fingerprint density at radius 1 is 1.09 bits per heavy atom. The number of allylic oxidation sites excluding steroid dienone is 2. The molecular formula is C25H38ClFN6O2. The number of hydrogen-bond acceptors (Lipinski definition) is 8. The number of ether oxygens (including phenoxy) is 2. The van der Waals surface area contributed by atoms with Crippen LogP contribution in [0.3, 0.4) is 0 Å². The van der Waals surface area contributed by atoms with Gasteiger partial charge in [0.25, 0.3) is 0 Å². The summed E-state index contributed by atoms with van der Waals surface area (Å²) in [7, 11) is 3.38. The first-order chi connectivity index (χ1) is 17.1. The van der Waals surface area contributed by atoms with E-state index in [2.05, 4.69) is 38.0 Å². The maximum atomic E-state index is 13.9. The number of nitrogens with one attached hydrogen (secondary N) is 6. The quantitative estimate of drug-likeness (QED) is 0.305. The van der Waals surface area contributed by atoms with Gasteiger partial charge in [0.15, 0.2) is 12.2 Å². The molecule has 3 aliphatic heterocycles. The van der Waals surface area contributed by atoms with Crippen molar-refractivity contribution < 1.29 is 13.9 Å². The van der Waals surface area contributed by atoms with Crippen molar-refractivity contribution in [1.29, 1.82) is 0 Å². The second-order valence-electron chi connectivity index (χ2n) is 9.98. The van der Waals surface area contributed by atoms with Crippen LogP contribution in [0, 0.1) is 5.92 Å². The second-order valence-corrected chi connectivity index (χ2v) is 10.4. The fourth-order valence-corrected chi connectivity index (χ4v) is 6.17.